The molecule has 168 valence electrons. The molecule has 12 nitrogen and oxygen atoms in total. The molecule has 0 aliphatic carbocycles. The molecule has 0 aromatic heterocycles. The third-order valence-electron chi connectivity index (χ3n) is 2.73. The van der Waals surface area contributed by atoms with E-state index in [1.165, 1.54) is 44.9 Å². The minimum Gasteiger partial charge on any atom is -0.790 e. The van der Waals surface area contributed by atoms with Gasteiger partial charge in [-0.05, 0) is 6.42 Å². The van der Waals surface area contributed by atoms with Crippen molar-refractivity contribution in [2.75, 3.05) is 6.61 Å². The van der Waals surface area contributed by atoms with Crippen LogP contribution in [0, 0.1) is 0 Å². The molecular formula is C12H26KNa4O12PS2. The van der Waals surface area contributed by atoms with Gasteiger partial charge in [-0.15, -0.1) is 0 Å². The molecule has 0 aliphatic heterocycles. The molecule has 0 spiro atoms. The van der Waals surface area contributed by atoms with Crippen molar-refractivity contribution in [3.63, 3.8) is 0 Å². The van der Waals surface area contributed by atoms with E-state index in [9.17, 15) is 13.0 Å². The zero-order chi connectivity index (χ0) is 22.0. The molecule has 0 unspecified atom stereocenters. The number of hydrogen-bond donors (Lipinski definition) is 1. The molecule has 0 aliphatic rings. The van der Waals surface area contributed by atoms with Gasteiger partial charge in [0, 0.05) is 10.4 Å². The van der Waals surface area contributed by atoms with Gasteiger partial charge >= 0.3 is 170 Å². The van der Waals surface area contributed by atoms with Gasteiger partial charge in [-0.3, -0.25) is 12.6 Å². The molecule has 0 atom stereocenters. The van der Waals surface area contributed by atoms with Crippen LogP contribution in [0.5, 0.6) is 0 Å². The smallest absolute Gasteiger partial charge is 0.790 e. The SMILES string of the molecule is CCCCCCCCCCCCOS(=O)(=O)[O-].O=P([O-])([O-])O.O=S(=O)([O-])[O-].[K+].[Na+].[Na+].[Na+].[Na+]. The van der Waals surface area contributed by atoms with Gasteiger partial charge in [0.1, 0.15) is 0 Å². The second-order valence-corrected chi connectivity index (χ2v) is 8.09. The van der Waals surface area contributed by atoms with Crippen molar-refractivity contribution >= 4 is 28.6 Å². The molecule has 0 saturated carbocycles. The van der Waals surface area contributed by atoms with Crippen molar-refractivity contribution in [2.45, 2.75) is 71.1 Å². The number of rotatable bonds is 12. The van der Waals surface area contributed by atoms with Crippen LogP contribution in [-0.2, 0) is 29.5 Å². The zero-order valence-electron chi connectivity index (χ0n) is 20.0. The second kappa shape index (κ2) is 36.5. The fourth-order valence-corrected chi connectivity index (χ4v) is 2.07. The predicted molar refractivity (Wildman–Crippen MR) is 87.8 cm³/mol. The average molecular weight is 588 g/mol. The Morgan fingerprint density at radius 1 is 0.719 bits per heavy atom. The molecule has 20 heteroatoms. The van der Waals surface area contributed by atoms with Crippen LogP contribution in [0.15, 0.2) is 0 Å². The van der Waals surface area contributed by atoms with Gasteiger partial charge in [-0.25, -0.2) is 8.42 Å². The van der Waals surface area contributed by atoms with E-state index in [0.29, 0.717) is 6.42 Å². The van der Waals surface area contributed by atoms with Gasteiger partial charge in [-0.1, -0.05) is 64.7 Å². The van der Waals surface area contributed by atoms with E-state index in [0.717, 1.165) is 12.8 Å². The summed E-state index contributed by atoms with van der Waals surface area (Å²) in [7, 11) is -14.8. The van der Waals surface area contributed by atoms with Crippen molar-refractivity contribution in [3.05, 3.63) is 0 Å². The Morgan fingerprint density at radius 2 is 0.938 bits per heavy atom. The maximum atomic E-state index is 10.1. The number of hydrogen-bond acceptors (Lipinski definition) is 11. The summed E-state index contributed by atoms with van der Waals surface area (Å²) >= 11 is 0. The molecule has 0 aromatic rings. The van der Waals surface area contributed by atoms with Crippen molar-refractivity contribution < 1.29 is 224 Å². The van der Waals surface area contributed by atoms with Crippen LogP contribution in [0.3, 0.4) is 0 Å². The molecule has 0 bridgehead atoms. The van der Waals surface area contributed by atoms with Gasteiger partial charge in [0.2, 0.25) is 10.4 Å². The van der Waals surface area contributed by atoms with Crippen LogP contribution >= 0.6 is 7.82 Å². The Morgan fingerprint density at radius 3 is 1.16 bits per heavy atom. The third-order valence-corrected chi connectivity index (χ3v) is 3.18. The van der Waals surface area contributed by atoms with E-state index in [-0.39, 0.29) is 176 Å². The Labute approximate surface area is 323 Å². The molecule has 0 amide bonds. The molecule has 0 fully saturated rings. The van der Waals surface area contributed by atoms with Crippen LogP contribution in [0.25, 0.3) is 0 Å². The fourth-order valence-electron chi connectivity index (χ4n) is 1.75. The summed E-state index contributed by atoms with van der Waals surface area (Å²) in [4.78, 5) is 24.3. The molecule has 0 aromatic carbocycles. The molecule has 0 heterocycles. The van der Waals surface area contributed by atoms with Crippen molar-refractivity contribution in [1.82, 2.24) is 0 Å². The quantitative estimate of drug-likeness (QED) is 0.0736. The first kappa shape index (κ1) is 57.4. The van der Waals surface area contributed by atoms with E-state index in [1.807, 2.05) is 0 Å². The summed E-state index contributed by atoms with van der Waals surface area (Å²) in [6.45, 7) is 2.24. The normalized spacial score (nSPS) is 9.97. The van der Waals surface area contributed by atoms with Crippen LogP contribution in [0.1, 0.15) is 71.1 Å². The molecule has 0 rings (SSSR count). The number of phosphoric acid groups is 1. The molecule has 0 radical (unpaired) electrons. The summed E-state index contributed by atoms with van der Waals surface area (Å²) in [5.74, 6) is 0. The molecular weight excluding hydrogens is 562 g/mol. The fraction of sp³-hybridized carbons (Fsp3) is 1.00. The van der Waals surface area contributed by atoms with Crippen LogP contribution in [0.4, 0.5) is 0 Å². The third kappa shape index (κ3) is 111. The minimum atomic E-state index is -5.17. The van der Waals surface area contributed by atoms with Gasteiger partial charge in [-0.2, -0.15) is 0 Å². The Kier molecular flexibility index (Phi) is 65.4. The van der Waals surface area contributed by atoms with Gasteiger partial charge < -0.3 is 32.9 Å². The number of unbranched alkanes of at least 4 members (excludes halogenated alkanes) is 9. The van der Waals surface area contributed by atoms with Crippen molar-refractivity contribution in [2.24, 2.45) is 0 Å². The van der Waals surface area contributed by atoms with Crippen LogP contribution < -0.4 is 179 Å². The van der Waals surface area contributed by atoms with E-state index in [2.05, 4.69) is 11.1 Å². The maximum Gasteiger partial charge on any atom is 1.00 e. The Bertz CT molecular complexity index is 577. The van der Waals surface area contributed by atoms with Gasteiger partial charge in [0.25, 0.3) is 0 Å². The van der Waals surface area contributed by atoms with E-state index >= 15 is 0 Å². The monoisotopic (exact) mass is 588 g/mol. The van der Waals surface area contributed by atoms with E-state index in [1.54, 1.807) is 0 Å². The molecule has 32 heavy (non-hydrogen) atoms. The van der Waals surface area contributed by atoms with E-state index < -0.39 is 28.6 Å². The Balaban J connectivity index is -0.0000000545. The van der Waals surface area contributed by atoms with Gasteiger partial charge in [0.15, 0.2) is 0 Å². The van der Waals surface area contributed by atoms with E-state index in [4.69, 9.17) is 36.8 Å². The Hall–Kier alpha value is 5.49. The standard InChI is InChI=1S/C12H26O4S.K.4Na.H3O4P.H2O4S/c1-2-3-4-5-6-7-8-9-10-11-12-16-17(13,14)15;;;;;;2*1-5(2,3)4/h2-12H2,1H3,(H,13,14,15);;;;;;(H3,1,2,3,4);(H2,1,2,3,4)/q;5*+1;;/p-5. The van der Waals surface area contributed by atoms with Crippen molar-refractivity contribution in [3.8, 4) is 0 Å². The van der Waals surface area contributed by atoms with Crippen molar-refractivity contribution in [1.29, 1.82) is 0 Å². The topological polar surface area (TPSA) is 230 Å². The molecule has 1 N–H and O–H groups in total. The van der Waals surface area contributed by atoms with Crippen LogP contribution in [0.2, 0.25) is 0 Å². The molecule has 0 saturated heterocycles. The summed E-state index contributed by atoms with van der Waals surface area (Å²) in [6.07, 6.45) is 11.7. The minimum absolute atomic E-state index is 0. The van der Waals surface area contributed by atoms with Crippen LogP contribution in [-0.4, -0.2) is 42.0 Å². The first-order valence-corrected chi connectivity index (χ1v) is 12.2. The summed E-state index contributed by atoms with van der Waals surface area (Å²) in [6, 6.07) is 0. The maximum absolute atomic E-state index is 10.1. The largest absolute Gasteiger partial charge is 1.00 e. The first-order valence-electron chi connectivity index (χ1n) is 8.08. The predicted octanol–water partition coefficient (Wildman–Crippen LogP) is -15.1. The average Bonchev–Trinajstić information content (AvgIpc) is 2.40. The summed E-state index contributed by atoms with van der Waals surface area (Å²) in [5.41, 5.74) is 0. The second-order valence-electron chi connectivity index (χ2n) is 5.29. The van der Waals surface area contributed by atoms with Gasteiger partial charge in [0.05, 0.1) is 14.4 Å². The first-order chi connectivity index (χ1) is 12.1. The summed E-state index contributed by atoms with van der Waals surface area (Å²) < 4.78 is 77.2. The zero-order valence-corrected chi connectivity index (χ0v) is 33.6. The summed E-state index contributed by atoms with van der Waals surface area (Å²) in [5, 5.41) is 0.